The number of rotatable bonds is 1. The Labute approximate surface area is 105 Å². The molecule has 0 radical (unpaired) electrons. The SMILES string of the molecule is CC1CCN(c2nc(N)nc3nc(N)[nH]c23)CC1. The van der Waals surface area contributed by atoms with Crippen LogP contribution in [-0.4, -0.2) is 33.0 Å². The number of nitrogens with two attached hydrogens (primary N) is 2. The maximum absolute atomic E-state index is 5.72. The summed E-state index contributed by atoms with van der Waals surface area (Å²) >= 11 is 0. The lowest BCUT2D eigenvalue weighted by Crippen LogP contribution is -2.33. The van der Waals surface area contributed by atoms with E-state index in [9.17, 15) is 0 Å². The first kappa shape index (κ1) is 11.1. The zero-order chi connectivity index (χ0) is 12.7. The molecule has 3 heterocycles. The summed E-state index contributed by atoms with van der Waals surface area (Å²) in [5, 5.41) is 0. The minimum absolute atomic E-state index is 0.239. The van der Waals surface area contributed by atoms with Gasteiger partial charge in [0.2, 0.25) is 5.95 Å². The molecule has 0 atom stereocenters. The topological polar surface area (TPSA) is 110 Å². The van der Waals surface area contributed by atoms with Crippen molar-refractivity contribution >= 4 is 28.9 Å². The average molecular weight is 247 g/mol. The van der Waals surface area contributed by atoms with Crippen molar-refractivity contribution in [3.05, 3.63) is 0 Å². The minimum atomic E-state index is 0.239. The highest BCUT2D eigenvalue weighted by Gasteiger charge is 2.21. The third-order valence-corrected chi connectivity index (χ3v) is 3.45. The van der Waals surface area contributed by atoms with Gasteiger partial charge in [-0.25, -0.2) is 0 Å². The van der Waals surface area contributed by atoms with E-state index in [1.165, 1.54) is 0 Å². The van der Waals surface area contributed by atoms with Crippen molar-refractivity contribution in [3.8, 4) is 0 Å². The van der Waals surface area contributed by atoms with Gasteiger partial charge in [0.15, 0.2) is 17.4 Å². The van der Waals surface area contributed by atoms with Crippen molar-refractivity contribution in [2.75, 3.05) is 29.5 Å². The number of aromatic nitrogens is 4. The van der Waals surface area contributed by atoms with E-state index in [0.29, 0.717) is 11.6 Å². The first-order chi connectivity index (χ1) is 8.63. The van der Waals surface area contributed by atoms with Gasteiger partial charge in [-0.2, -0.15) is 15.0 Å². The van der Waals surface area contributed by atoms with E-state index in [1.54, 1.807) is 0 Å². The molecule has 1 saturated heterocycles. The highest BCUT2D eigenvalue weighted by atomic mass is 15.2. The number of nitrogen functional groups attached to an aromatic ring is 2. The van der Waals surface area contributed by atoms with E-state index < -0.39 is 0 Å². The first-order valence-corrected chi connectivity index (χ1v) is 6.17. The molecule has 0 aromatic carbocycles. The Kier molecular flexibility index (Phi) is 2.46. The molecule has 0 spiro atoms. The number of fused-ring (bicyclic) bond motifs is 1. The van der Waals surface area contributed by atoms with Crippen LogP contribution in [0.5, 0.6) is 0 Å². The lowest BCUT2D eigenvalue weighted by atomic mass is 9.99. The van der Waals surface area contributed by atoms with E-state index in [1.807, 2.05) is 0 Å². The summed E-state index contributed by atoms with van der Waals surface area (Å²) in [4.78, 5) is 17.8. The third kappa shape index (κ3) is 1.81. The fourth-order valence-electron chi connectivity index (χ4n) is 2.37. The number of nitrogens with one attached hydrogen (secondary N) is 1. The zero-order valence-corrected chi connectivity index (χ0v) is 10.3. The van der Waals surface area contributed by atoms with Gasteiger partial charge in [0.05, 0.1) is 0 Å². The molecule has 5 N–H and O–H groups in total. The molecular weight excluding hydrogens is 230 g/mol. The normalized spacial score (nSPS) is 17.5. The van der Waals surface area contributed by atoms with Gasteiger partial charge >= 0.3 is 0 Å². The van der Waals surface area contributed by atoms with Crippen LogP contribution in [0.3, 0.4) is 0 Å². The molecule has 0 amide bonds. The molecule has 2 aromatic heterocycles. The van der Waals surface area contributed by atoms with Crippen molar-refractivity contribution in [2.45, 2.75) is 19.8 Å². The van der Waals surface area contributed by atoms with E-state index >= 15 is 0 Å². The second-order valence-corrected chi connectivity index (χ2v) is 4.90. The summed E-state index contributed by atoms with van der Waals surface area (Å²) in [5.41, 5.74) is 12.7. The smallest absolute Gasteiger partial charge is 0.224 e. The first-order valence-electron chi connectivity index (χ1n) is 6.17. The summed E-state index contributed by atoms with van der Waals surface area (Å²) in [6.45, 7) is 4.23. The van der Waals surface area contributed by atoms with Gasteiger partial charge in [-0.1, -0.05) is 6.92 Å². The Hall–Kier alpha value is -2.05. The summed E-state index contributed by atoms with van der Waals surface area (Å²) in [6.07, 6.45) is 2.32. The average Bonchev–Trinajstić information content (AvgIpc) is 2.69. The van der Waals surface area contributed by atoms with Gasteiger partial charge < -0.3 is 21.4 Å². The van der Waals surface area contributed by atoms with Crippen molar-refractivity contribution < 1.29 is 0 Å². The summed E-state index contributed by atoms with van der Waals surface area (Å²) in [7, 11) is 0. The second kappa shape index (κ2) is 4.01. The second-order valence-electron chi connectivity index (χ2n) is 4.90. The third-order valence-electron chi connectivity index (χ3n) is 3.45. The number of hydrogen-bond acceptors (Lipinski definition) is 6. The van der Waals surface area contributed by atoms with Crippen LogP contribution in [0.15, 0.2) is 0 Å². The Bertz CT molecular complexity index is 568. The van der Waals surface area contributed by atoms with Gasteiger partial charge in [-0.3, -0.25) is 0 Å². The number of hydrogen-bond donors (Lipinski definition) is 3. The van der Waals surface area contributed by atoms with Gasteiger partial charge in [0.1, 0.15) is 5.52 Å². The van der Waals surface area contributed by atoms with E-state index in [2.05, 4.69) is 31.8 Å². The van der Waals surface area contributed by atoms with Gasteiger partial charge in [0, 0.05) is 13.1 Å². The fourth-order valence-corrected chi connectivity index (χ4v) is 2.37. The van der Waals surface area contributed by atoms with E-state index in [0.717, 1.165) is 43.2 Å². The maximum atomic E-state index is 5.72. The summed E-state index contributed by atoms with van der Waals surface area (Å²) in [5.74, 6) is 2.16. The Morgan fingerprint density at radius 2 is 1.89 bits per heavy atom. The molecular formula is C11H17N7. The fraction of sp³-hybridized carbons (Fsp3) is 0.545. The van der Waals surface area contributed by atoms with Crippen LogP contribution in [0, 0.1) is 5.92 Å². The van der Waals surface area contributed by atoms with Crippen LogP contribution in [0.1, 0.15) is 19.8 Å². The van der Waals surface area contributed by atoms with Gasteiger partial charge in [-0.15, -0.1) is 0 Å². The summed E-state index contributed by atoms with van der Waals surface area (Å²) in [6, 6.07) is 0. The van der Waals surface area contributed by atoms with Crippen LogP contribution < -0.4 is 16.4 Å². The molecule has 0 aliphatic carbocycles. The van der Waals surface area contributed by atoms with Crippen molar-refractivity contribution in [3.63, 3.8) is 0 Å². The molecule has 96 valence electrons. The van der Waals surface area contributed by atoms with Gasteiger partial charge in [-0.05, 0) is 18.8 Å². The highest BCUT2D eigenvalue weighted by Crippen LogP contribution is 2.27. The molecule has 2 aromatic rings. The van der Waals surface area contributed by atoms with E-state index in [4.69, 9.17) is 11.5 Å². The van der Waals surface area contributed by atoms with Crippen LogP contribution in [0.25, 0.3) is 11.2 Å². The largest absolute Gasteiger partial charge is 0.369 e. The summed E-state index contributed by atoms with van der Waals surface area (Å²) < 4.78 is 0. The molecule has 7 nitrogen and oxygen atoms in total. The monoisotopic (exact) mass is 247 g/mol. The number of nitrogens with zero attached hydrogens (tertiary/aromatic N) is 4. The molecule has 18 heavy (non-hydrogen) atoms. The zero-order valence-electron chi connectivity index (χ0n) is 10.3. The van der Waals surface area contributed by atoms with Crippen LogP contribution in [0.2, 0.25) is 0 Å². The quantitative estimate of drug-likeness (QED) is 0.686. The standard InChI is InChI=1S/C11H17N7/c1-6-2-4-18(5-3-6)9-7-8(15-10(12)14-7)16-11(13)17-9/h6H,2-5H2,1H3,(H5,12,13,14,15,16,17). The van der Waals surface area contributed by atoms with Crippen LogP contribution in [0.4, 0.5) is 17.7 Å². The molecule has 3 rings (SSSR count). The van der Waals surface area contributed by atoms with Crippen molar-refractivity contribution in [1.82, 2.24) is 19.9 Å². The number of H-pyrrole nitrogens is 1. The Morgan fingerprint density at radius 3 is 2.61 bits per heavy atom. The van der Waals surface area contributed by atoms with E-state index in [-0.39, 0.29) is 5.95 Å². The molecule has 1 aliphatic heterocycles. The van der Waals surface area contributed by atoms with Crippen LogP contribution in [-0.2, 0) is 0 Å². The molecule has 0 unspecified atom stereocenters. The number of piperidine rings is 1. The Balaban J connectivity index is 2.04. The molecule has 1 fully saturated rings. The predicted molar refractivity (Wildman–Crippen MR) is 71.1 cm³/mol. The van der Waals surface area contributed by atoms with Crippen LogP contribution >= 0.6 is 0 Å². The van der Waals surface area contributed by atoms with Crippen molar-refractivity contribution in [2.24, 2.45) is 5.92 Å². The predicted octanol–water partition coefficient (Wildman–Crippen LogP) is 0.754. The molecule has 7 heteroatoms. The van der Waals surface area contributed by atoms with Crippen molar-refractivity contribution in [1.29, 1.82) is 0 Å². The molecule has 0 saturated carbocycles. The maximum Gasteiger partial charge on any atom is 0.224 e. The van der Waals surface area contributed by atoms with Gasteiger partial charge in [0.25, 0.3) is 0 Å². The highest BCUT2D eigenvalue weighted by molar-refractivity contribution is 5.86. The number of anilines is 3. The number of imidazole rings is 1. The Morgan fingerprint density at radius 1 is 1.17 bits per heavy atom. The lowest BCUT2D eigenvalue weighted by molar-refractivity contribution is 0.437. The molecule has 1 aliphatic rings. The lowest BCUT2D eigenvalue weighted by Gasteiger charge is -2.31. The number of aromatic amines is 1. The molecule has 0 bridgehead atoms. The minimum Gasteiger partial charge on any atom is -0.369 e.